The zero-order valence-electron chi connectivity index (χ0n) is 13.8. The van der Waals surface area contributed by atoms with Gasteiger partial charge in [-0.3, -0.25) is 4.79 Å². The Hall–Kier alpha value is -2.40. The van der Waals surface area contributed by atoms with E-state index in [9.17, 15) is 9.18 Å². The smallest absolute Gasteiger partial charge is 0.254 e. The molecule has 0 heterocycles. The van der Waals surface area contributed by atoms with Gasteiger partial charge in [0.05, 0.1) is 12.8 Å². The third-order valence-electron chi connectivity index (χ3n) is 4.10. The number of hydrogen-bond acceptors (Lipinski definition) is 3. The summed E-state index contributed by atoms with van der Waals surface area (Å²) in [6, 6.07) is 11.7. The number of carbonyl (C=O) groups excluding carboxylic acids is 1. The van der Waals surface area contributed by atoms with Crippen molar-refractivity contribution in [3.8, 4) is 0 Å². The van der Waals surface area contributed by atoms with Crippen LogP contribution in [-0.2, 0) is 11.4 Å². The highest BCUT2D eigenvalue weighted by molar-refractivity contribution is 6.31. The van der Waals surface area contributed by atoms with Crippen molar-refractivity contribution in [3.05, 3.63) is 70.0 Å². The van der Waals surface area contributed by atoms with Crippen molar-refractivity contribution in [3.63, 3.8) is 0 Å². The summed E-state index contributed by atoms with van der Waals surface area (Å²) in [6.07, 6.45) is 3.42. The summed E-state index contributed by atoms with van der Waals surface area (Å²) >= 11 is 6.11. The number of halogens is 2. The molecule has 0 saturated heterocycles. The van der Waals surface area contributed by atoms with E-state index in [0.29, 0.717) is 16.1 Å². The Labute approximate surface area is 150 Å². The molecule has 1 fully saturated rings. The molecule has 0 spiro atoms. The van der Waals surface area contributed by atoms with E-state index in [1.165, 1.54) is 13.2 Å². The summed E-state index contributed by atoms with van der Waals surface area (Å²) in [6.45, 7) is 0.169. The Balaban J connectivity index is 1.81. The van der Waals surface area contributed by atoms with Crippen molar-refractivity contribution in [1.82, 2.24) is 4.90 Å². The molecule has 2 aromatic rings. The van der Waals surface area contributed by atoms with E-state index < -0.39 is 5.82 Å². The molecule has 0 bridgehead atoms. The zero-order valence-corrected chi connectivity index (χ0v) is 14.5. The largest absolute Gasteiger partial charge is 0.399 e. The minimum atomic E-state index is -0.392. The molecule has 1 amide bonds. The predicted octanol–water partition coefficient (Wildman–Crippen LogP) is 4.26. The minimum Gasteiger partial charge on any atom is -0.399 e. The molecule has 0 aromatic heterocycles. The van der Waals surface area contributed by atoms with Gasteiger partial charge in [-0.25, -0.2) is 4.39 Å². The summed E-state index contributed by atoms with van der Waals surface area (Å²) in [5.74, 6) is -0.519. The number of benzene rings is 2. The van der Waals surface area contributed by atoms with Gasteiger partial charge in [0.25, 0.3) is 5.91 Å². The monoisotopic (exact) mass is 360 g/mol. The molecule has 1 aliphatic carbocycles. The molecule has 0 atom stereocenters. The summed E-state index contributed by atoms with van der Waals surface area (Å²) < 4.78 is 14.1. The number of carbonyl (C=O) groups is 1. The third kappa shape index (κ3) is 4.17. The van der Waals surface area contributed by atoms with Crippen LogP contribution in [0.4, 0.5) is 4.39 Å². The number of amides is 1. The van der Waals surface area contributed by atoms with Gasteiger partial charge in [-0.2, -0.15) is 0 Å². The van der Waals surface area contributed by atoms with Crippen LogP contribution < -0.4 is 0 Å². The first-order valence-corrected chi connectivity index (χ1v) is 8.38. The van der Waals surface area contributed by atoms with E-state index in [-0.39, 0.29) is 18.5 Å². The molecule has 0 N–H and O–H groups in total. The van der Waals surface area contributed by atoms with Crippen molar-refractivity contribution in [1.29, 1.82) is 0 Å². The zero-order chi connectivity index (χ0) is 17.8. The molecule has 130 valence electrons. The number of oxime groups is 1. The van der Waals surface area contributed by atoms with Crippen LogP contribution in [0.3, 0.4) is 0 Å². The van der Waals surface area contributed by atoms with Crippen molar-refractivity contribution in [2.24, 2.45) is 5.16 Å². The fraction of sp³-hybridized carbons (Fsp3) is 0.263. The van der Waals surface area contributed by atoms with E-state index in [1.54, 1.807) is 47.5 Å². The van der Waals surface area contributed by atoms with Crippen LogP contribution >= 0.6 is 11.6 Å². The average molecular weight is 361 g/mol. The summed E-state index contributed by atoms with van der Waals surface area (Å²) in [5.41, 5.74) is 1.73. The van der Waals surface area contributed by atoms with Crippen molar-refractivity contribution in [2.75, 3.05) is 7.11 Å². The van der Waals surface area contributed by atoms with Gasteiger partial charge in [-0.05, 0) is 42.7 Å². The van der Waals surface area contributed by atoms with Gasteiger partial charge in [0.1, 0.15) is 12.9 Å². The van der Waals surface area contributed by atoms with Crippen LogP contribution in [0.1, 0.15) is 34.3 Å². The lowest BCUT2D eigenvalue weighted by atomic mass is 10.1. The molecule has 1 saturated carbocycles. The van der Waals surface area contributed by atoms with E-state index in [0.717, 1.165) is 18.4 Å². The van der Waals surface area contributed by atoms with Crippen molar-refractivity contribution >= 4 is 23.7 Å². The second kappa shape index (κ2) is 7.66. The van der Waals surface area contributed by atoms with Crippen LogP contribution in [0.15, 0.2) is 47.6 Å². The third-order valence-corrected chi connectivity index (χ3v) is 4.46. The van der Waals surface area contributed by atoms with Crippen molar-refractivity contribution in [2.45, 2.75) is 25.4 Å². The highest BCUT2D eigenvalue weighted by Gasteiger charge is 2.34. The highest BCUT2D eigenvalue weighted by atomic mass is 35.5. The van der Waals surface area contributed by atoms with E-state index in [1.807, 2.05) is 0 Å². The lowest BCUT2D eigenvalue weighted by molar-refractivity contribution is 0.0728. The maximum absolute atomic E-state index is 14.1. The minimum absolute atomic E-state index is 0.128. The Bertz CT molecular complexity index is 768. The summed E-state index contributed by atoms with van der Waals surface area (Å²) in [7, 11) is 1.47. The van der Waals surface area contributed by atoms with Crippen LogP contribution in [0, 0.1) is 5.82 Å². The van der Waals surface area contributed by atoms with Crippen molar-refractivity contribution < 1.29 is 14.0 Å². The van der Waals surface area contributed by atoms with E-state index in [4.69, 9.17) is 11.6 Å². The first-order valence-electron chi connectivity index (χ1n) is 8.00. The molecule has 2 aromatic carbocycles. The molecule has 4 nitrogen and oxygen atoms in total. The van der Waals surface area contributed by atoms with Gasteiger partial charge < -0.3 is 9.74 Å². The van der Waals surface area contributed by atoms with E-state index in [2.05, 4.69) is 9.99 Å². The lowest BCUT2D eigenvalue weighted by Gasteiger charge is -2.23. The number of hydrogen-bond donors (Lipinski definition) is 0. The molecule has 3 rings (SSSR count). The highest BCUT2D eigenvalue weighted by Crippen LogP contribution is 2.32. The first-order chi connectivity index (χ1) is 12.1. The molecular formula is C19H18ClFN2O2. The number of rotatable bonds is 6. The van der Waals surface area contributed by atoms with Crippen LogP contribution in [0.2, 0.25) is 5.02 Å². The predicted molar refractivity (Wildman–Crippen MR) is 95.4 cm³/mol. The maximum Gasteiger partial charge on any atom is 0.254 e. The second-order valence-electron chi connectivity index (χ2n) is 5.90. The van der Waals surface area contributed by atoms with Gasteiger partial charge in [-0.1, -0.05) is 35.0 Å². The maximum atomic E-state index is 14.1. The Morgan fingerprint density at radius 1 is 1.32 bits per heavy atom. The topological polar surface area (TPSA) is 41.9 Å². The SMILES string of the molecule is CO/N=C/c1ccc(C(=O)N(Cc2c(F)cccc2Cl)C2CC2)cc1. The Kier molecular flexibility index (Phi) is 5.34. The molecule has 1 aliphatic rings. The molecule has 0 unspecified atom stereocenters. The molecule has 0 aliphatic heterocycles. The molecule has 6 heteroatoms. The standard InChI is InChI=1S/C19H18ClFN2O2/c1-25-22-11-13-5-7-14(8-6-13)19(24)23(15-9-10-15)12-16-17(20)3-2-4-18(16)21/h2-8,11,15H,9-10,12H2,1H3/b22-11+. The van der Waals surface area contributed by atoms with Gasteiger partial charge >= 0.3 is 0 Å². The quantitative estimate of drug-likeness (QED) is 0.570. The van der Waals surface area contributed by atoms with Crippen LogP contribution in [-0.4, -0.2) is 30.2 Å². The fourth-order valence-corrected chi connectivity index (χ4v) is 2.82. The number of nitrogens with zero attached hydrogens (tertiary/aromatic N) is 2. The molecule has 0 radical (unpaired) electrons. The van der Waals surface area contributed by atoms with Gasteiger partial charge in [0.2, 0.25) is 0 Å². The van der Waals surface area contributed by atoms with Crippen LogP contribution in [0.5, 0.6) is 0 Å². The molecule has 25 heavy (non-hydrogen) atoms. The summed E-state index contributed by atoms with van der Waals surface area (Å²) in [4.78, 5) is 19.2. The van der Waals surface area contributed by atoms with Gasteiger partial charge in [-0.15, -0.1) is 0 Å². The average Bonchev–Trinajstić information content (AvgIpc) is 3.45. The first kappa shape index (κ1) is 17.4. The van der Waals surface area contributed by atoms with Crippen LogP contribution in [0.25, 0.3) is 0 Å². The normalized spacial score (nSPS) is 13.9. The van der Waals surface area contributed by atoms with E-state index >= 15 is 0 Å². The lowest BCUT2D eigenvalue weighted by Crippen LogP contribution is -2.33. The van der Waals surface area contributed by atoms with Gasteiger partial charge in [0, 0.05) is 22.2 Å². The Morgan fingerprint density at radius 3 is 2.64 bits per heavy atom. The summed E-state index contributed by atoms with van der Waals surface area (Å²) in [5, 5.41) is 4.03. The second-order valence-corrected chi connectivity index (χ2v) is 6.31. The molecular weight excluding hydrogens is 343 g/mol. The fourth-order valence-electron chi connectivity index (χ4n) is 2.60. The van der Waals surface area contributed by atoms with Gasteiger partial charge in [0.15, 0.2) is 0 Å². The Morgan fingerprint density at radius 2 is 2.04 bits per heavy atom.